The summed E-state index contributed by atoms with van der Waals surface area (Å²) in [6.45, 7) is 4.64. The average Bonchev–Trinajstić information content (AvgIpc) is 3.30. The molecule has 2 amide bonds. The molecule has 0 aromatic heterocycles. The highest BCUT2D eigenvalue weighted by Gasteiger charge is 2.32. The summed E-state index contributed by atoms with van der Waals surface area (Å²) in [4.78, 5) is 32.4. The number of nitrogens with one attached hydrogen (secondary N) is 2. The quantitative estimate of drug-likeness (QED) is 0.246. The Bertz CT molecular complexity index is 506. The van der Waals surface area contributed by atoms with Crippen molar-refractivity contribution in [1.82, 2.24) is 20.4 Å². The summed E-state index contributed by atoms with van der Waals surface area (Å²) in [6.07, 6.45) is 7.54. The topological polar surface area (TPSA) is 77.0 Å². The van der Waals surface area contributed by atoms with Crippen molar-refractivity contribution in [2.45, 2.75) is 57.9 Å². The van der Waals surface area contributed by atoms with Crippen LogP contribution in [-0.4, -0.2) is 73.9 Å². The summed E-state index contributed by atoms with van der Waals surface area (Å²) in [5.41, 5.74) is 0. The van der Waals surface area contributed by atoms with Gasteiger partial charge < -0.3 is 20.4 Å². The Kier molecular flexibility index (Phi) is 11.0. The van der Waals surface area contributed by atoms with Gasteiger partial charge in [0.25, 0.3) is 0 Å². The third-order valence-electron chi connectivity index (χ3n) is 5.24. The van der Waals surface area contributed by atoms with E-state index < -0.39 is 0 Å². The molecule has 0 spiro atoms. The fraction of sp³-hybridized carbons (Fsp3) is 0.842. The van der Waals surface area contributed by atoms with Gasteiger partial charge in [-0.2, -0.15) is 0 Å². The van der Waals surface area contributed by atoms with E-state index in [1.807, 2.05) is 4.90 Å². The number of carbonyl (C=O) groups is 2. The van der Waals surface area contributed by atoms with Crippen molar-refractivity contribution < 1.29 is 9.59 Å². The molecule has 7 nitrogen and oxygen atoms in total. The lowest BCUT2D eigenvalue weighted by Crippen LogP contribution is -2.46. The van der Waals surface area contributed by atoms with E-state index >= 15 is 0 Å². The smallest absolute Gasteiger partial charge is 0.243 e. The molecule has 1 atom stereocenters. The predicted molar refractivity (Wildman–Crippen MR) is 119 cm³/mol. The lowest BCUT2D eigenvalue weighted by molar-refractivity contribution is -0.134. The second kappa shape index (κ2) is 12.4. The first-order chi connectivity index (χ1) is 12.5. The van der Waals surface area contributed by atoms with E-state index in [9.17, 15) is 9.59 Å². The molecular formula is C19H36IN5O2. The zero-order valence-corrected chi connectivity index (χ0v) is 19.3. The van der Waals surface area contributed by atoms with Crippen LogP contribution in [0.25, 0.3) is 0 Å². The van der Waals surface area contributed by atoms with E-state index in [0.29, 0.717) is 11.9 Å². The molecule has 0 bridgehead atoms. The summed E-state index contributed by atoms with van der Waals surface area (Å²) in [5, 5.41) is 6.72. The molecule has 2 aliphatic rings. The number of guanidine groups is 1. The number of hydrogen-bond donors (Lipinski definition) is 2. The van der Waals surface area contributed by atoms with E-state index in [1.54, 1.807) is 19.0 Å². The normalized spacial score (nSPS) is 20.3. The third kappa shape index (κ3) is 7.83. The maximum atomic E-state index is 12.6. The zero-order valence-electron chi connectivity index (χ0n) is 17.0. The summed E-state index contributed by atoms with van der Waals surface area (Å²) in [6, 6.07) is 0.197. The number of rotatable bonds is 7. The largest absolute Gasteiger partial charge is 0.356 e. The van der Waals surface area contributed by atoms with E-state index in [2.05, 4.69) is 22.5 Å². The lowest BCUT2D eigenvalue weighted by Gasteiger charge is -2.21. The molecule has 1 saturated carbocycles. The van der Waals surface area contributed by atoms with Gasteiger partial charge in [-0.1, -0.05) is 26.2 Å². The molecule has 2 N–H and O–H groups in total. The van der Waals surface area contributed by atoms with Crippen LogP contribution in [0.4, 0.5) is 0 Å². The van der Waals surface area contributed by atoms with Crippen LogP contribution in [0.3, 0.4) is 0 Å². The molecule has 0 radical (unpaired) electrons. The second-order valence-corrected chi connectivity index (χ2v) is 7.63. The van der Waals surface area contributed by atoms with Gasteiger partial charge in [-0.3, -0.25) is 9.59 Å². The Hall–Kier alpha value is -1.06. The molecule has 1 heterocycles. The molecule has 8 heteroatoms. The molecule has 1 saturated heterocycles. The first-order valence-corrected chi connectivity index (χ1v) is 10.0. The van der Waals surface area contributed by atoms with Gasteiger partial charge in [-0.05, 0) is 25.7 Å². The summed E-state index contributed by atoms with van der Waals surface area (Å²) < 4.78 is 0. The first-order valence-electron chi connectivity index (χ1n) is 10.0. The van der Waals surface area contributed by atoms with Crippen molar-refractivity contribution in [3.8, 4) is 0 Å². The summed E-state index contributed by atoms with van der Waals surface area (Å²) in [7, 11) is 3.47. The van der Waals surface area contributed by atoms with Crippen molar-refractivity contribution in [2.75, 3.05) is 40.3 Å². The highest BCUT2D eigenvalue weighted by Crippen LogP contribution is 2.27. The first kappa shape index (κ1) is 24.0. The molecule has 1 aliphatic carbocycles. The predicted octanol–water partition coefficient (Wildman–Crippen LogP) is 1.82. The van der Waals surface area contributed by atoms with Crippen molar-refractivity contribution in [2.24, 2.45) is 10.9 Å². The molecule has 0 aromatic carbocycles. The monoisotopic (exact) mass is 493 g/mol. The van der Waals surface area contributed by atoms with Crippen LogP contribution in [0.5, 0.6) is 0 Å². The molecule has 27 heavy (non-hydrogen) atoms. The van der Waals surface area contributed by atoms with Gasteiger partial charge in [-0.15, -0.1) is 24.0 Å². The number of carbonyl (C=O) groups excluding carboxylic acids is 2. The van der Waals surface area contributed by atoms with E-state index in [4.69, 9.17) is 0 Å². The fourth-order valence-electron chi connectivity index (χ4n) is 3.53. The minimum absolute atomic E-state index is 0. The SMILES string of the molecule is CCCCNC(=NCC(=O)N(C)C)NC1CCN(C(=O)C2CCCC2)C1.I. The molecule has 0 aromatic rings. The van der Waals surface area contributed by atoms with Gasteiger partial charge in [-0.25, -0.2) is 4.99 Å². The number of likely N-dealkylation sites (N-methyl/N-ethyl adjacent to an activating group) is 1. The minimum atomic E-state index is -0.0222. The number of halogens is 1. The van der Waals surface area contributed by atoms with Gasteiger partial charge in [0, 0.05) is 45.7 Å². The zero-order chi connectivity index (χ0) is 18.9. The van der Waals surface area contributed by atoms with E-state index in [0.717, 1.165) is 51.7 Å². The Morgan fingerprint density at radius 2 is 1.89 bits per heavy atom. The number of aliphatic imine (C=N–C) groups is 1. The second-order valence-electron chi connectivity index (χ2n) is 7.63. The molecular weight excluding hydrogens is 457 g/mol. The van der Waals surface area contributed by atoms with Crippen LogP contribution in [0, 0.1) is 5.92 Å². The van der Waals surface area contributed by atoms with Crippen molar-refractivity contribution in [3.63, 3.8) is 0 Å². The maximum absolute atomic E-state index is 12.6. The molecule has 156 valence electrons. The van der Waals surface area contributed by atoms with Crippen LogP contribution in [0.2, 0.25) is 0 Å². The molecule has 2 rings (SSSR count). The number of hydrogen-bond acceptors (Lipinski definition) is 3. The van der Waals surface area contributed by atoms with Crippen LogP contribution in [0.1, 0.15) is 51.9 Å². The van der Waals surface area contributed by atoms with Crippen LogP contribution in [-0.2, 0) is 9.59 Å². The van der Waals surface area contributed by atoms with Gasteiger partial charge in [0.2, 0.25) is 11.8 Å². The Labute approximate surface area is 180 Å². The van der Waals surface area contributed by atoms with Crippen LogP contribution >= 0.6 is 24.0 Å². The standard InChI is InChI=1S/C19H35N5O2.HI/c1-4-5-11-20-19(21-13-17(25)23(2)3)22-16-10-12-24(14-16)18(26)15-8-6-7-9-15;/h15-16H,4-14H2,1-3H3,(H2,20,21,22);1H. The van der Waals surface area contributed by atoms with E-state index in [-0.39, 0.29) is 48.4 Å². The highest BCUT2D eigenvalue weighted by molar-refractivity contribution is 14.0. The van der Waals surface area contributed by atoms with Crippen LogP contribution in [0.15, 0.2) is 4.99 Å². The van der Waals surface area contributed by atoms with E-state index in [1.165, 1.54) is 12.8 Å². The van der Waals surface area contributed by atoms with Gasteiger partial charge in [0.15, 0.2) is 5.96 Å². The molecule has 1 unspecified atom stereocenters. The van der Waals surface area contributed by atoms with Crippen molar-refractivity contribution >= 4 is 41.8 Å². The number of amides is 2. The Morgan fingerprint density at radius 1 is 1.19 bits per heavy atom. The van der Waals surface area contributed by atoms with Crippen LogP contribution < -0.4 is 10.6 Å². The van der Waals surface area contributed by atoms with Gasteiger partial charge >= 0.3 is 0 Å². The Morgan fingerprint density at radius 3 is 2.52 bits per heavy atom. The number of unbranched alkanes of at least 4 members (excludes halogenated alkanes) is 1. The third-order valence-corrected chi connectivity index (χ3v) is 5.24. The molecule has 2 fully saturated rings. The average molecular weight is 493 g/mol. The lowest BCUT2D eigenvalue weighted by atomic mass is 10.1. The maximum Gasteiger partial charge on any atom is 0.243 e. The molecule has 1 aliphatic heterocycles. The summed E-state index contributed by atoms with van der Waals surface area (Å²) in [5.74, 6) is 1.22. The van der Waals surface area contributed by atoms with Gasteiger partial charge in [0.1, 0.15) is 6.54 Å². The summed E-state index contributed by atoms with van der Waals surface area (Å²) >= 11 is 0. The van der Waals surface area contributed by atoms with Crippen molar-refractivity contribution in [1.29, 1.82) is 0 Å². The fourth-order valence-corrected chi connectivity index (χ4v) is 3.53. The van der Waals surface area contributed by atoms with Gasteiger partial charge in [0.05, 0.1) is 0 Å². The number of nitrogens with zero attached hydrogens (tertiary/aromatic N) is 3. The van der Waals surface area contributed by atoms with Crippen molar-refractivity contribution in [3.05, 3.63) is 0 Å². The highest BCUT2D eigenvalue weighted by atomic mass is 127. The Balaban J connectivity index is 0.00000364. The number of likely N-dealkylation sites (tertiary alicyclic amines) is 1. The minimum Gasteiger partial charge on any atom is -0.356 e.